The molecule has 0 atom stereocenters. The van der Waals surface area contributed by atoms with Gasteiger partial charge in [0.05, 0.1) is 57.3 Å². The van der Waals surface area contributed by atoms with E-state index in [1.165, 1.54) is 5.56 Å². The molecule has 0 unspecified atom stereocenters. The Hall–Kier alpha value is -6.48. The van der Waals surface area contributed by atoms with Gasteiger partial charge in [-0.1, -0.05) is 78.9 Å². The fourth-order valence-corrected chi connectivity index (χ4v) is 7.53. The Morgan fingerprint density at radius 2 is 0.625 bits per heavy atom. The quantitative estimate of drug-likeness (QED) is 0.0983. The lowest BCUT2D eigenvalue weighted by molar-refractivity contribution is -0.689. The zero-order valence-corrected chi connectivity index (χ0v) is 35.0. The Labute approximate surface area is 387 Å². The van der Waals surface area contributed by atoms with E-state index in [2.05, 4.69) is 17.1 Å². The summed E-state index contributed by atoms with van der Waals surface area (Å²) in [5.74, 6) is 0. The van der Waals surface area contributed by atoms with Gasteiger partial charge in [0.15, 0.2) is 18.9 Å². The van der Waals surface area contributed by atoms with Crippen molar-refractivity contribution in [3.05, 3.63) is 177 Å². The van der Waals surface area contributed by atoms with Crippen molar-refractivity contribution in [2.45, 2.75) is 62.6 Å². The van der Waals surface area contributed by atoms with Crippen molar-refractivity contribution in [1.82, 2.24) is 4.98 Å². The lowest BCUT2D eigenvalue weighted by Crippen LogP contribution is -2.75. The van der Waals surface area contributed by atoms with Gasteiger partial charge in [-0.05, 0) is 24.3 Å². The van der Waals surface area contributed by atoms with Crippen molar-refractivity contribution in [2.75, 3.05) is 0 Å². The maximum atomic E-state index is 14.2. The highest BCUT2D eigenvalue weighted by Crippen LogP contribution is 2.41. The number of aliphatic hydroxyl groups excluding tert-OH is 1. The number of halogens is 24. The topological polar surface area (TPSA) is 37.0 Å². The fourth-order valence-electron chi connectivity index (χ4n) is 7.53. The van der Waals surface area contributed by atoms with E-state index in [-0.39, 0.29) is 6.61 Å². The van der Waals surface area contributed by atoms with Crippen molar-refractivity contribution < 1.29 is 115 Å². The molecule has 1 heterocycles. The molecule has 0 fully saturated rings. The first-order chi connectivity index (χ1) is 32.6. The molecule has 0 bridgehead atoms. The standard InChI is InChI=1S/C32H12BF24.C12H13N2O/c34-25(35,36)13-1-14(26(37,38)39)6-21(5-13)33(22-7-15(27(40,41)42)2-16(8-22)28(43,44)45,23-9-17(29(46,47)48)3-18(10-23)30(49,50)51)24-11-19(31(52,53)54)4-20(12-24)32(55,56)57;15-10-12-9-14(7-6-13-12)8-11-4-2-1-3-5-11/h1-12H;1-7,9,15H,8,10H2/q-1;+1. The molecule has 72 heavy (non-hydrogen) atoms. The summed E-state index contributed by atoms with van der Waals surface area (Å²) in [6.45, 7) is 0.784. The van der Waals surface area contributed by atoms with Crippen molar-refractivity contribution >= 4 is 28.0 Å². The number of nitrogens with zero attached hydrogens (tertiary/aromatic N) is 2. The van der Waals surface area contributed by atoms with E-state index in [4.69, 9.17) is 5.11 Å². The molecule has 0 radical (unpaired) electrons. The van der Waals surface area contributed by atoms with Crippen molar-refractivity contribution in [2.24, 2.45) is 0 Å². The number of benzene rings is 5. The van der Waals surface area contributed by atoms with Gasteiger partial charge in [0.25, 0.3) is 0 Å². The second-order valence-electron chi connectivity index (χ2n) is 15.6. The van der Waals surface area contributed by atoms with Crippen LogP contribution in [0, 0.1) is 0 Å². The van der Waals surface area contributed by atoms with Crippen LogP contribution in [0.15, 0.2) is 122 Å². The summed E-state index contributed by atoms with van der Waals surface area (Å²) in [5.41, 5.74) is -28.3. The van der Waals surface area contributed by atoms with E-state index in [1.54, 1.807) is 6.20 Å². The van der Waals surface area contributed by atoms with E-state index in [9.17, 15) is 105 Å². The highest BCUT2D eigenvalue weighted by atomic mass is 19.4. The molecule has 0 aliphatic heterocycles. The third-order valence-electron chi connectivity index (χ3n) is 10.6. The van der Waals surface area contributed by atoms with Crippen LogP contribution < -0.4 is 26.4 Å². The molecule has 6 aromatic rings. The second-order valence-corrected chi connectivity index (χ2v) is 15.6. The molecule has 1 N–H and O–H groups in total. The Morgan fingerprint density at radius 3 is 0.847 bits per heavy atom. The highest BCUT2D eigenvalue weighted by Gasteiger charge is 2.47. The molecule has 388 valence electrons. The van der Waals surface area contributed by atoms with E-state index in [1.807, 2.05) is 35.2 Å². The van der Waals surface area contributed by atoms with E-state index in [0.29, 0.717) is 5.69 Å². The fraction of sp³-hybridized carbons (Fsp3) is 0.227. The van der Waals surface area contributed by atoms with Gasteiger partial charge < -0.3 is 5.11 Å². The molecule has 1 aromatic heterocycles. The van der Waals surface area contributed by atoms with Gasteiger partial charge in [-0.15, -0.1) is 0 Å². The number of rotatable bonds is 7. The molecule has 0 aliphatic carbocycles. The Morgan fingerprint density at radius 1 is 0.375 bits per heavy atom. The summed E-state index contributed by atoms with van der Waals surface area (Å²) in [5, 5.41) is 8.95. The second kappa shape index (κ2) is 19.5. The van der Waals surface area contributed by atoms with Crippen LogP contribution in [0.5, 0.6) is 0 Å². The molecular weight excluding hydrogens is 1040 g/mol. The first kappa shape index (κ1) is 56.4. The normalized spacial score (nSPS) is 13.5. The first-order valence-corrected chi connectivity index (χ1v) is 19.5. The van der Waals surface area contributed by atoms with Crippen LogP contribution >= 0.6 is 0 Å². The zero-order chi connectivity index (χ0) is 54.4. The molecule has 0 amide bonds. The molecule has 0 spiro atoms. The molecule has 0 saturated heterocycles. The first-order valence-electron chi connectivity index (χ1n) is 19.5. The van der Waals surface area contributed by atoms with Crippen LogP contribution in [-0.2, 0) is 62.6 Å². The van der Waals surface area contributed by atoms with E-state index < -0.39 is 195 Å². The average molecular weight is 1060 g/mol. The monoisotopic (exact) mass is 1060 g/mol. The zero-order valence-electron chi connectivity index (χ0n) is 35.0. The van der Waals surface area contributed by atoms with Crippen molar-refractivity contribution in [1.29, 1.82) is 0 Å². The van der Waals surface area contributed by atoms with Gasteiger partial charge in [0, 0.05) is 5.56 Å². The molecule has 0 aliphatic rings. The maximum Gasteiger partial charge on any atom is 0.416 e. The summed E-state index contributed by atoms with van der Waals surface area (Å²) >= 11 is 0. The molecule has 0 saturated carbocycles. The summed E-state index contributed by atoms with van der Waals surface area (Å²) < 4.78 is 343. The third-order valence-corrected chi connectivity index (χ3v) is 10.6. The Bertz CT molecular complexity index is 2440. The third kappa shape index (κ3) is 13.1. The number of aliphatic hydroxyl groups is 1. The Balaban J connectivity index is 0.000000542. The number of aromatic nitrogens is 2. The van der Waals surface area contributed by atoms with Crippen LogP contribution in [0.1, 0.15) is 55.8 Å². The lowest BCUT2D eigenvalue weighted by atomic mass is 9.12. The average Bonchev–Trinajstić information content (AvgIpc) is 3.24. The summed E-state index contributed by atoms with van der Waals surface area (Å²) in [4.78, 5) is 4.03. The minimum Gasteiger partial charge on any atom is -0.390 e. The van der Waals surface area contributed by atoms with Crippen molar-refractivity contribution in [3.8, 4) is 0 Å². The molecule has 28 heteroatoms. The van der Waals surface area contributed by atoms with Gasteiger partial charge >= 0.3 is 49.4 Å². The van der Waals surface area contributed by atoms with Gasteiger partial charge in [0.1, 0.15) is 11.8 Å². The minimum absolute atomic E-state index is 0.0182. The van der Waals surface area contributed by atoms with Gasteiger partial charge in [-0.2, -0.15) is 132 Å². The number of hydrogen-bond donors (Lipinski definition) is 1. The predicted molar refractivity (Wildman–Crippen MR) is 206 cm³/mol. The number of alkyl halides is 24. The van der Waals surface area contributed by atoms with Crippen molar-refractivity contribution in [3.63, 3.8) is 0 Å². The minimum atomic E-state index is -6.13. The lowest BCUT2D eigenvalue weighted by Gasteiger charge is -2.46. The SMILES string of the molecule is FC(F)(F)c1cc([B-](c2cc(C(F)(F)F)cc(C(F)(F)F)c2)(c2cc(C(F)(F)F)cc(C(F)(F)F)c2)c2cc(C(F)(F)F)cc(C(F)(F)F)c2)cc(C(F)(F)F)c1.OCc1c[n+](Cc2ccccc2)ccn1. The van der Waals surface area contributed by atoms with Gasteiger partial charge in [-0.25, -0.2) is 4.98 Å². The molecule has 6 rings (SSSR count). The predicted octanol–water partition coefficient (Wildman–Crippen LogP) is 12.1. The van der Waals surface area contributed by atoms with Gasteiger partial charge in [-0.3, -0.25) is 0 Å². The van der Waals surface area contributed by atoms with Crippen LogP contribution in [0.3, 0.4) is 0 Å². The summed E-state index contributed by atoms with van der Waals surface area (Å²) in [6, 6.07) is 1.38. The molecule has 5 aromatic carbocycles. The van der Waals surface area contributed by atoms with Crippen LogP contribution in [0.4, 0.5) is 105 Å². The van der Waals surface area contributed by atoms with Crippen LogP contribution in [0.2, 0.25) is 0 Å². The largest absolute Gasteiger partial charge is 0.416 e. The van der Waals surface area contributed by atoms with Crippen LogP contribution in [-0.4, -0.2) is 16.2 Å². The molecule has 3 nitrogen and oxygen atoms in total. The van der Waals surface area contributed by atoms with E-state index >= 15 is 0 Å². The smallest absolute Gasteiger partial charge is 0.390 e. The van der Waals surface area contributed by atoms with E-state index in [0.717, 1.165) is 6.54 Å². The summed E-state index contributed by atoms with van der Waals surface area (Å²) in [6.07, 6.45) is -49.4. The highest BCUT2D eigenvalue weighted by molar-refractivity contribution is 7.20. The molecular formula is C44H25BF24N2O. The maximum absolute atomic E-state index is 14.2. The van der Waals surface area contributed by atoms with Gasteiger partial charge in [0.2, 0.25) is 0 Å². The summed E-state index contributed by atoms with van der Waals surface area (Å²) in [7, 11) is 0. The number of hydrogen-bond acceptors (Lipinski definition) is 2. The Kier molecular flexibility index (Phi) is 15.3. The van der Waals surface area contributed by atoms with Crippen LogP contribution in [0.25, 0.3) is 0 Å².